The second-order valence-corrected chi connectivity index (χ2v) is 7.20. The van der Waals surface area contributed by atoms with Crippen molar-refractivity contribution in [1.82, 2.24) is 0 Å². The molecule has 2 heteroatoms. The highest BCUT2D eigenvalue weighted by molar-refractivity contribution is 5.48. The molecule has 0 spiro atoms. The van der Waals surface area contributed by atoms with Crippen LogP contribution < -0.4 is 0 Å². The predicted molar refractivity (Wildman–Crippen MR) is 94.6 cm³/mol. The van der Waals surface area contributed by atoms with Crippen LogP contribution in [0.15, 0.2) is 52.7 Å². The Hall–Kier alpha value is -1.96. The van der Waals surface area contributed by atoms with E-state index in [1.807, 2.05) is 12.1 Å². The first kappa shape index (κ1) is 16.4. The third-order valence-electron chi connectivity index (χ3n) is 3.89. The van der Waals surface area contributed by atoms with Gasteiger partial charge in [-0.15, -0.1) is 0 Å². The largest absolute Gasteiger partial charge is 0.151 e. The Morgan fingerprint density at radius 3 is 2.00 bits per heavy atom. The molecular formula is C20H26N2. The van der Waals surface area contributed by atoms with Crippen LogP contribution in [0.3, 0.4) is 0 Å². The molecule has 0 heterocycles. The third kappa shape index (κ3) is 4.03. The molecule has 0 bridgehead atoms. The van der Waals surface area contributed by atoms with Crippen molar-refractivity contribution in [2.75, 3.05) is 0 Å². The Morgan fingerprint density at radius 1 is 0.864 bits per heavy atom. The number of aryl methyl sites for hydroxylation is 1. The second-order valence-electron chi connectivity index (χ2n) is 7.20. The van der Waals surface area contributed by atoms with Crippen LogP contribution in [0.2, 0.25) is 0 Å². The standard InChI is InChI=1S/C20H26N2/c1-14(2)16-7-12-19(15(3)13-16)22-21-18-10-8-17(9-11-18)20(4,5)6/h7-14H,1-6H3/b22-21-. The molecule has 0 aliphatic heterocycles. The Labute approximate surface area is 134 Å². The lowest BCUT2D eigenvalue weighted by Gasteiger charge is -2.18. The lowest BCUT2D eigenvalue weighted by molar-refractivity contribution is 0.590. The van der Waals surface area contributed by atoms with Crippen molar-refractivity contribution in [3.05, 3.63) is 59.2 Å². The Morgan fingerprint density at radius 2 is 1.50 bits per heavy atom. The van der Waals surface area contributed by atoms with E-state index in [0.717, 1.165) is 11.4 Å². The summed E-state index contributed by atoms with van der Waals surface area (Å²) in [4.78, 5) is 0. The topological polar surface area (TPSA) is 24.7 Å². The van der Waals surface area contributed by atoms with E-state index in [0.29, 0.717) is 5.92 Å². The lowest BCUT2D eigenvalue weighted by atomic mass is 9.87. The van der Waals surface area contributed by atoms with E-state index in [-0.39, 0.29) is 5.41 Å². The molecule has 2 aromatic rings. The molecule has 0 fully saturated rings. The van der Waals surface area contributed by atoms with Crippen molar-refractivity contribution >= 4 is 11.4 Å². The molecule has 22 heavy (non-hydrogen) atoms. The van der Waals surface area contributed by atoms with Crippen LogP contribution in [0.25, 0.3) is 0 Å². The molecule has 0 radical (unpaired) electrons. The van der Waals surface area contributed by atoms with E-state index in [2.05, 4.69) is 82.1 Å². The van der Waals surface area contributed by atoms with Crippen molar-refractivity contribution in [1.29, 1.82) is 0 Å². The van der Waals surface area contributed by atoms with Crippen molar-refractivity contribution in [2.24, 2.45) is 10.2 Å². The van der Waals surface area contributed by atoms with E-state index in [4.69, 9.17) is 0 Å². The first-order chi connectivity index (χ1) is 10.3. The highest BCUT2D eigenvalue weighted by Crippen LogP contribution is 2.27. The molecule has 0 N–H and O–H groups in total. The van der Waals surface area contributed by atoms with Gasteiger partial charge in [-0.05, 0) is 53.1 Å². The minimum Gasteiger partial charge on any atom is -0.151 e. The first-order valence-electron chi connectivity index (χ1n) is 7.90. The van der Waals surface area contributed by atoms with Crippen LogP contribution in [0.4, 0.5) is 11.4 Å². The van der Waals surface area contributed by atoms with Gasteiger partial charge in [-0.25, -0.2) is 0 Å². The van der Waals surface area contributed by atoms with Gasteiger partial charge in [-0.1, -0.05) is 58.9 Å². The first-order valence-corrected chi connectivity index (χ1v) is 7.90. The maximum absolute atomic E-state index is 4.39. The summed E-state index contributed by atoms with van der Waals surface area (Å²) in [6.07, 6.45) is 0. The summed E-state index contributed by atoms with van der Waals surface area (Å²) in [7, 11) is 0. The van der Waals surface area contributed by atoms with Crippen LogP contribution in [0.1, 0.15) is 57.2 Å². The molecule has 116 valence electrons. The number of hydrogen-bond donors (Lipinski definition) is 0. The molecule has 0 aromatic heterocycles. The van der Waals surface area contributed by atoms with Crippen molar-refractivity contribution in [3.8, 4) is 0 Å². The van der Waals surface area contributed by atoms with Gasteiger partial charge in [-0.3, -0.25) is 0 Å². The average molecular weight is 294 g/mol. The van der Waals surface area contributed by atoms with Crippen LogP contribution in [0, 0.1) is 6.92 Å². The number of rotatable bonds is 3. The van der Waals surface area contributed by atoms with Gasteiger partial charge in [0, 0.05) is 0 Å². The van der Waals surface area contributed by atoms with Gasteiger partial charge in [-0.2, -0.15) is 10.2 Å². The fraction of sp³-hybridized carbons (Fsp3) is 0.400. The van der Waals surface area contributed by atoms with Gasteiger partial charge in [0.1, 0.15) is 0 Å². The Bertz CT molecular complexity index is 659. The number of benzene rings is 2. The maximum Gasteiger partial charge on any atom is 0.0886 e. The molecule has 0 atom stereocenters. The number of hydrogen-bond acceptors (Lipinski definition) is 2. The smallest absolute Gasteiger partial charge is 0.0886 e. The molecule has 0 saturated carbocycles. The van der Waals surface area contributed by atoms with Gasteiger partial charge in [0.15, 0.2) is 0 Å². The maximum atomic E-state index is 4.39. The van der Waals surface area contributed by atoms with Crippen LogP contribution in [-0.2, 0) is 5.41 Å². The highest BCUT2D eigenvalue weighted by Gasteiger charge is 2.12. The zero-order valence-corrected chi connectivity index (χ0v) is 14.5. The highest BCUT2D eigenvalue weighted by atomic mass is 15.1. The molecular weight excluding hydrogens is 268 g/mol. The summed E-state index contributed by atoms with van der Waals surface area (Å²) in [6.45, 7) is 13.1. The fourth-order valence-electron chi connectivity index (χ4n) is 2.29. The van der Waals surface area contributed by atoms with Gasteiger partial charge >= 0.3 is 0 Å². The minimum absolute atomic E-state index is 0.166. The monoisotopic (exact) mass is 294 g/mol. The van der Waals surface area contributed by atoms with Gasteiger partial charge in [0.2, 0.25) is 0 Å². The zero-order valence-electron chi connectivity index (χ0n) is 14.5. The number of azo groups is 1. The summed E-state index contributed by atoms with van der Waals surface area (Å²) in [5.74, 6) is 0.537. The van der Waals surface area contributed by atoms with E-state index < -0.39 is 0 Å². The molecule has 0 unspecified atom stereocenters. The average Bonchev–Trinajstić information content (AvgIpc) is 2.45. The van der Waals surface area contributed by atoms with Gasteiger partial charge in [0.25, 0.3) is 0 Å². The zero-order chi connectivity index (χ0) is 16.3. The van der Waals surface area contributed by atoms with Crippen molar-refractivity contribution in [2.45, 2.75) is 52.9 Å². The minimum atomic E-state index is 0.166. The van der Waals surface area contributed by atoms with E-state index in [1.54, 1.807) is 0 Å². The van der Waals surface area contributed by atoms with Crippen molar-refractivity contribution in [3.63, 3.8) is 0 Å². The quantitative estimate of drug-likeness (QED) is 0.554. The van der Waals surface area contributed by atoms with E-state index >= 15 is 0 Å². The van der Waals surface area contributed by atoms with E-state index in [1.165, 1.54) is 16.7 Å². The van der Waals surface area contributed by atoms with Crippen LogP contribution in [0.5, 0.6) is 0 Å². The third-order valence-corrected chi connectivity index (χ3v) is 3.89. The summed E-state index contributed by atoms with van der Waals surface area (Å²) in [5, 5.41) is 8.75. The Balaban J connectivity index is 2.18. The molecule has 2 aromatic carbocycles. The van der Waals surface area contributed by atoms with Gasteiger partial charge in [0.05, 0.1) is 11.4 Å². The normalized spacial score (nSPS) is 12.3. The SMILES string of the molecule is Cc1cc(C(C)C)ccc1/N=N\c1ccc(C(C)(C)C)cc1. The molecule has 0 amide bonds. The van der Waals surface area contributed by atoms with E-state index in [9.17, 15) is 0 Å². The summed E-state index contributed by atoms with van der Waals surface area (Å²) in [6, 6.07) is 14.7. The van der Waals surface area contributed by atoms with Crippen LogP contribution in [-0.4, -0.2) is 0 Å². The molecule has 0 saturated heterocycles. The summed E-state index contributed by atoms with van der Waals surface area (Å²) >= 11 is 0. The van der Waals surface area contributed by atoms with Crippen molar-refractivity contribution < 1.29 is 0 Å². The Kier molecular flexibility index (Phi) is 4.80. The van der Waals surface area contributed by atoms with Gasteiger partial charge < -0.3 is 0 Å². The summed E-state index contributed by atoms with van der Waals surface area (Å²) < 4.78 is 0. The predicted octanol–water partition coefficient (Wildman–Crippen LogP) is 6.83. The fourth-order valence-corrected chi connectivity index (χ4v) is 2.29. The molecule has 2 nitrogen and oxygen atoms in total. The molecule has 0 aliphatic rings. The molecule has 2 rings (SSSR count). The van der Waals surface area contributed by atoms with Crippen LogP contribution >= 0.6 is 0 Å². The summed E-state index contributed by atoms with van der Waals surface area (Å²) in [5.41, 5.74) is 5.81. The number of nitrogens with zero attached hydrogens (tertiary/aromatic N) is 2. The second kappa shape index (κ2) is 6.43. The lowest BCUT2D eigenvalue weighted by Crippen LogP contribution is -2.10. The molecule has 0 aliphatic carbocycles.